The van der Waals surface area contributed by atoms with Crippen molar-refractivity contribution in [2.75, 3.05) is 13.7 Å². The Labute approximate surface area is 165 Å². The van der Waals surface area contributed by atoms with Crippen LogP contribution in [0.4, 0.5) is 0 Å². The molecule has 0 radical (unpaired) electrons. The van der Waals surface area contributed by atoms with Gasteiger partial charge in [-0.05, 0) is 42.3 Å². The highest BCUT2D eigenvalue weighted by molar-refractivity contribution is 6.32. The summed E-state index contributed by atoms with van der Waals surface area (Å²) in [7, 11) is 1.62. The zero-order valence-electron chi connectivity index (χ0n) is 15.3. The standard InChI is InChI=1S/C22H23ClN2O2/c1-26-21-13-19(15-25-11-9-17-6-3-2-4-7-17)12-20(23)22(21)27-16-18-8-5-10-24-14-18/h2-8,10,12-14,25H,9,11,15-16H2,1H3. The Morgan fingerprint density at radius 3 is 2.56 bits per heavy atom. The minimum atomic E-state index is 0.387. The highest BCUT2D eigenvalue weighted by atomic mass is 35.5. The van der Waals surface area contributed by atoms with E-state index in [1.165, 1.54) is 5.56 Å². The Morgan fingerprint density at radius 1 is 1.00 bits per heavy atom. The highest BCUT2D eigenvalue weighted by Gasteiger charge is 2.12. The maximum atomic E-state index is 6.44. The summed E-state index contributed by atoms with van der Waals surface area (Å²) in [5.74, 6) is 1.18. The third kappa shape index (κ3) is 5.71. The van der Waals surface area contributed by atoms with E-state index in [0.717, 1.165) is 24.1 Å². The van der Waals surface area contributed by atoms with Crippen LogP contribution in [-0.4, -0.2) is 18.6 Å². The van der Waals surface area contributed by atoms with Crippen molar-refractivity contribution in [3.8, 4) is 11.5 Å². The van der Waals surface area contributed by atoms with Crippen LogP contribution in [0, 0.1) is 0 Å². The number of methoxy groups -OCH3 is 1. The molecular weight excluding hydrogens is 360 g/mol. The largest absolute Gasteiger partial charge is 0.493 e. The Bertz CT molecular complexity index is 842. The molecule has 3 rings (SSSR count). The highest BCUT2D eigenvalue weighted by Crippen LogP contribution is 2.36. The molecule has 2 aromatic carbocycles. The minimum absolute atomic E-state index is 0.387. The Balaban J connectivity index is 1.58. The summed E-state index contributed by atoms with van der Waals surface area (Å²) in [6.45, 7) is 1.99. The van der Waals surface area contributed by atoms with Crippen molar-refractivity contribution in [1.29, 1.82) is 0 Å². The van der Waals surface area contributed by atoms with Gasteiger partial charge >= 0.3 is 0 Å². The fourth-order valence-electron chi connectivity index (χ4n) is 2.76. The molecule has 5 heteroatoms. The lowest BCUT2D eigenvalue weighted by molar-refractivity contribution is 0.284. The van der Waals surface area contributed by atoms with Gasteiger partial charge in [-0.3, -0.25) is 4.98 Å². The van der Waals surface area contributed by atoms with E-state index in [1.54, 1.807) is 19.5 Å². The normalized spacial score (nSPS) is 10.6. The number of nitrogens with one attached hydrogen (secondary N) is 1. The van der Waals surface area contributed by atoms with Crippen LogP contribution in [0.1, 0.15) is 16.7 Å². The van der Waals surface area contributed by atoms with Gasteiger partial charge in [-0.25, -0.2) is 0 Å². The quantitative estimate of drug-likeness (QED) is 0.547. The molecule has 0 atom stereocenters. The fourth-order valence-corrected chi connectivity index (χ4v) is 3.05. The molecule has 0 spiro atoms. The molecule has 0 aliphatic rings. The molecule has 27 heavy (non-hydrogen) atoms. The molecule has 1 heterocycles. The average molecular weight is 383 g/mol. The Hall–Kier alpha value is -2.56. The molecule has 0 saturated heterocycles. The molecule has 0 aliphatic carbocycles. The number of halogens is 1. The van der Waals surface area contributed by atoms with Gasteiger partial charge in [0, 0.05) is 24.5 Å². The van der Waals surface area contributed by atoms with Gasteiger partial charge in [-0.2, -0.15) is 0 Å². The first-order valence-corrected chi connectivity index (χ1v) is 9.27. The second-order valence-corrected chi connectivity index (χ2v) is 6.58. The lowest BCUT2D eigenvalue weighted by Crippen LogP contribution is -2.16. The summed E-state index contributed by atoms with van der Waals surface area (Å²) in [5.41, 5.74) is 3.35. The predicted molar refractivity (Wildman–Crippen MR) is 108 cm³/mol. The van der Waals surface area contributed by atoms with Crippen molar-refractivity contribution >= 4 is 11.6 Å². The molecule has 0 saturated carbocycles. The summed E-state index contributed by atoms with van der Waals surface area (Å²) in [4.78, 5) is 4.09. The Kier molecular flexibility index (Phi) is 7.08. The molecule has 1 N–H and O–H groups in total. The predicted octanol–water partition coefficient (Wildman–Crippen LogP) is 4.65. The first-order valence-electron chi connectivity index (χ1n) is 8.89. The van der Waals surface area contributed by atoms with Crippen LogP contribution in [-0.2, 0) is 19.6 Å². The van der Waals surface area contributed by atoms with Gasteiger partial charge in [0.2, 0.25) is 0 Å². The van der Waals surface area contributed by atoms with Gasteiger partial charge in [0.05, 0.1) is 12.1 Å². The lowest BCUT2D eigenvalue weighted by atomic mass is 10.1. The number of nitrogens with zero attached hydrogens (tertiary/aromatic N) is 1. The van der Waals surface area contributed by atoms with Crippen LogP contribution in [0.5, 0.6) is 11.5 Å². The summed E-state index contributed by atoms with van der Waals surface area (Å²) >= 11 is 6.44. The van der Waals surface area contributed by atoms with Gasteiger partial charge in [0.25, 0.3) is 0 Å². The van der Waals surface area contributed by atoms with Crippen molar-refractivity contribution in [2.45, 2.75) is 19.6 Å². The smallest absolute Gasteiger partial charge is 0.180 e. The number of hydrogen-bond acceptors (Lipinski definition) is 4. The lowest BCUT2D eigenvalue weighted by Gasteiger charge is -2.14. The number of hydrogen-bond donors (Lipinski definition) is 1. The summed E-state index contributed by atoms with van der Waals surface area (Å²) in [6.07, 6.45) is 4.49. The third-order valence-corrected chi connectivity index (χ3v) is 4.44. The maximum absolute atomic E-state index is 6.44. The molecule has 0 aliphatic heterocycles. The number of benzene rings is 2. The van der Waals surface area contributed by atoms with E-state index in [-0.39, 0.29) is 0 Å². The maximum Gasteiger partial charge on any atom is 0.180 e. The molecular formula is C22H23ClN2O2. The first-order chi connectivity index (χ1) is 13.3. The van der Waals surface area contributed by atoms with Crippen LogP contribution in [0.25, 0.3) is 0 Å². The summed E-state index contributed by atoms with van der Waals surface area (Å²) in [5, 5.41) is 3.98. The van der Waals surface area contributed by atoms with Crippen LogP contribution >= 0.6 is 11.6 Å². The van der Waals surface area contributed by atoms with Crippen LogP contribution < -0.4 is 14.8 Å². The van der Waals surface area contributed by atoms with Crippen LogP contribution in [0.3, 0.4) is 0 Å². The zero-order chi connectivity index (χ0) is 18.9. The first kappa shape index (κ1) is 19.2. The molecule has 140 valence electrons. The van der Waals surface area contributed by atoms with Gasteiger partial charge in [0.1, 0.15) is 6.61 Å². The molecule has 1 aromatic heterocycles. The molecule has 0 amide bonds. The van der Waals surface area contributed by atoms with E-state index in [0.29, 0.717) is 29.7 Å². The number of aromatic nitrogens is 1. The number of pyridine rings is 1. The van der Waals surface area contributed by atoms with E-state index in [2.05, 4.69) is 34.6 Å². The molecule has 0 fully saturated rings. The van der Waals surface area contributed by atoms with Gasteiger partial charge in [-0.1, -0.05) is 48.0 Å². The van der Waals surface area contributed by atoms with E-state index in [4.69, 9.17) is 21.1 Å². The number of ether oxygens (including phenoxy) is 2. The van der Waals surface area contributed by atoms with Gasteiger partial charge < -0.3 is 14.8 Å². The SMILES string of the molecule is COc1cc(CNCCc2ccccc2)cc(Cl)c1OCc1cccnc1. The van der Waals surface area contributed by atoms with Crippen molar-refractivity contribution in [3.63, 3.8) is 0 Å². The molecule has 4 nitrogen and oxygen atoms in total. The van der Waals surface area contributed by atoms with Crippen LogP contribution in [0.15, 0.2) is 67.0 Å². The fraction of sp³-hybridized carbons (Fsp3) is 0.227. The molecule has 0 bridgehead atoms. The van der Waals surface area contributed by atoms with E-state index < -0.39 is 0 Å². The number of rotatable bonds is 9. The van der Waals surface area contributed by atoms with Crippen molar-refractivity contribution < 1.29 is 9.47 Å². The average Bonchev–Trinajstić information content (AvgIpc) is 2.71. The summed E-state index contributed by atoms with van der Waals surface area (Å²) < 4.78 is 11.3. The monoisotopic (exact) mass is 382 g/mol. The van der Waals surface area contributed by atoms with Crippen molar-refractivity contribution in [2.24, 2.45) is 0 Å². The van der Waals surface area contributed by atoms with E-state index >= 15 is 0 Å². The van der Waals surface area contributed by atoms with Crippen molar-refractivity contribution in [1.82, 2.24) is 10.3 Å². The minimum Gasteiger partial charge on any atom is -0.493 e. The van der Waals surface area contributed by atoms with Gasteiger partial charge in [0.15, 0.2) is 11.5 Å². The Morgan fingerprint density at radius 2 is 1.81 bits per heavy atom. The summed E-state index contributed by atoms with van der Waals surface area (Å²) in [6, 6.07) is 18.1. The van der Waals surface area contributed by atoms with Crippen LogP contribution in [0.2, 0.25) is 5.02 Å². The molecule has 3 aromatic rings. The van der Waals surface area contributed by atoms with E-state index in [9.17, 15) is 0 Å². The van der Waals surface area contributed by atoms with Gasteiger partial charge in [-0.15, -0.1) is 0 Å². The zero-order valence-corrected chi connectivity index (χ0v) is 16.1. The molecule has 0 unspecified atom stereocenters. The van der Waals surface area contributed by atoms with Crippen molar-refractivity contribution in [3.05, 3.63) is 88.7 Å². The second-order valence-electron chi connectivity index (χ2n) is 6.17. The second kappa shape index (κ2) is 9.95. The topological polar surface area (TPSA) is 43.4 Å². The third-order valence-electron chi connectivity index (χ3n) is 4.16. The van der Waals surface area contributed by atoms with E-state index in [1.807, 2.05) is 30.3 Å².